The van der Waals surface area contributed by atoms with Crippen LogP contribution in [0.5, 0.6) is 0 Å². The number of nitrogens with zero attached hydrogens (tertiary/aromatic N) is 2. The van der Waals surface area contributed by atoms with Crippen molar-refractivity contribution in [2.75, 3.05) is 19.6 Å². The van der Waals surface area contributed by atoms with Gasteiger partial charge in [-0.2, -0.15) is 17.5 Å². The van der Waals surface area contributed by atoms with Crippen molar-refractivity contribution in [2.24, 2.45) is 0 Å². The van der Waals surface area contributed by atoms with E-state index in [0.29, 0.717) is 10.4 Å². The number of carboxylic acid groups (broad SMARTS) is 1. The van der Waals surface area contributed by atoms with E-state index in [2.05, 4.69) is 0 Å². The molecule has 1 aromatic carbocycles. The van der Waals surface area contributed by atoms with Crippen molar-refractivity contribution in [2.45, 2.75) is 43.5 Å². The van der Waals surface area contributed by atoms with Crippen molar-refractivity contribution >= 4 is 22.1 Å². The number of carboxylic acids is 1. The number of ether oxygens (including phenoxy) is 1. The molecule has 2 rings (SSSR count). The predicted octanol–water partition coefficient (Wildman–Crippen LogP) is 2.40. The first-order valence-corrected chi connectivity index (χ1v) is 9.97. The van der Waals surface area contributed by atoms with E-state index in [0.717, 1.165) is 23.1 Å². The van der Waals surface area contributed by atoms with Crippen molar-refractivity contribution in [3.63, 3.8) is 0 Å². The van der Waals surface area contributed by atoms with Crippen molar-refractivity contribution < 1.29 is 41.0 Å². The molecule has 1 N–H and O–H groups in total. The molecule has 12 heteroatoms. The number of rotatable bonds is 3. The quantitative estimate of drug-likeness (QED) is 0.777. The van der Waals surface area contributed by atoms with E-state index in [9.17, 15) is 36.3 Å². The van der Waals surface area contributed by atoms with Gasteiger partial charge in [0.05, 0.1) is 10.5 Å². The first-order chi connectivity index (χ1) is 13.1. The van der Waals surface area contributed by atoms with Gasteiger partial charge >= 0.3 is 18.2 Å². The normalized spacial score (nSPS) is 19.1. The largest absolute Gasteiger partial charge is 0.480 e. The maximum absolute atomic E-state index is 13.2. The minimum absolute atomic E-state index is 0.348. The molecule has 1 amide bonds. The van der Waals surface area contributed by atoms with Gasteiger partial charge in [0.2, 0.25) is 10.0 Å². The topological polar surface area (TPSA) is 104 Å². The van der Waals surface area contributed by atoms with Gasteiger partial charge in [0.1, 0.15) is 11.6 Å². The molecule has 0 radical (unpaired) electrons. The fraction of sp³-hybridized carbons (Fsp3) is 0.529. The number of piperazine rings is 1. The van der Waals surface area contributed by atoms with Crippen LogP contribution in [0.2, 0.25) is 0 Å². The van der Waals surface area contributed by atoms with E-state index in [-0.39, 0.29) is 13.1 Å². The highest BCUT2D eigenvalue weighted by Gasteiger charge is 2.44. The smallest absolute Gasteiger partial charge is 0.417 e. The molecule has 1 fully saturated rings. The maximum Gasteiger partial charge on any atom is 0.417 e. The lowest BCUT2D eigenvalue weighted by atomic mass is 10.2. The van der Waals surface area contributed by atoms with Crippen LogP contribution in [0.1, 0.15) is 26.3 Å². The van der Waals surface area contributed by atoms with Crippen LogP contribution >= 0.6 is 0 Å². The van der Waals surface area contributed by atoms with Crippen LogP contribution in [0, 0.1) is 0 Å². The first-order valence-electron chi connectivity index (χ1n) is 8.53. The zero-order chi connectivity index (χ0) is 22.2. The molecule has 0 saturated carbocycles. The highest BCUT2D eigenvalue weighted by atomic mass is 32.2. The van der Waals surface area contributed by atoms with Crippen LogP contribution in [0.3, 0.4) is 0 Å². The van der Waals surface area contributed by atoms with E-state index >= 15 is 0 Å². The third-order valence-corrected chi connectivity index (χ3v) is 5.99. The van der Waals surface area contributed by atoms with Crippen molar-refractivity contribution in [3.05, 3.63) is 29.8 Å². The van der Waals surface area contributed by atoms with Crippen molar-refractivity contribution in [1.82, 2.24) is 9.21 Å². The monoisotopic (exact) mass is 438 g/mol. The number of carbonyl (C=O) groups is 2. The summed E-state index contributed by atoms with van der Waals surface area (Å²) in [5.74, 6) is -1.50. The lowest BCUT2D eigenvalue weighted by Gasteiger charge is -2.39. The molecular formula is C17H21F3N2O6S. The zero-order valence-electron chi connectivity index (χ0n) is 15.9. The molecule has 162 valence electrons. The molecule has 1 aliphatic heterocycles. The Morgan fingerprint density at radius 2 is 1.72 bits per heavy atom. The van der Waals surface area contributed by atoms with E-state index in [1.807, 2.05) is 0 Å². The molecule has 1 heterocycles. The van der Waals surface area contributed by atoms with Crippen LogP contribution in [0.15, 0.2) is 29.2 Å². The number of carbonyl (C=O) groups excluding carboxylic acids is 1. The second-order valence-corrected chi connectivity index (χ2v) is 9.29. The highest BCUT2D eigenvalue weighted by molar-refractivity contribution is 7.89. The Balaban J connectivity index is 2.35. The number of aliphatic carboxylic acids is 1. The summed E-state index contributed by atoms with van der Waals surface area (Å²) in [7, 11) is -4.66. The third kappa shape index (κ3) is 5.18. The Bertz CT molecular complexity index is 895. The van der Waals surface area contributed by atoms with Gasteiger partial charge in [0, 0.05) is 19.6 Å². The van der Waals surface area contributed by atoms with Crippen LogP contribution in [-0.2, 0) is 25.7 Å². The summed E-state index contributed by atoms with van der Waals surface area (Å²) in [6.07, 6.45) is -5.86. The second kappa shape index (κ2) is 7.82. The van der Waals surface area contributed by atoms with Gasteiger partial charge in [-0.05, 0) is 32.9 Å². The van der Waals surface area contributed by atoms with Crippen molar-refractivity contribution in [1.29, 1.82) is 0 Å². The predicted molar refractivity (Wildman–Crippen MR) is 94.6 cm³/mol. The minimum Gasteiger partial charge on any atom is -0.480 e. The third-order valence-electron chi connectivity index (χ3n) is 4.07. The summed E-state index contributed by atoms with van der Waals surface area (Å²) in [6, 6.07) is 2.05. The summed E-state index contributed by atoms with van der Waals surface area (Å²) in [6.45, 7) is 3.31. The molecule has 0 aliphatic carbocycles. The second-order valence-electron chi connectivity index (χ2n) is 7.38. The summed E-state index contributed by atoms with van der Waals surface area (Å²) >= 11 is 0. The summed E-state index contributed by atoms with van der Waals surface area (Å²) < 4.78 is 71.1. The first kappa shape index (κ1) is 22.9. The summed E-state index contributed by atoms with van der Waals surface area (Å²) in [5, 5.41) is 9.44. The number of halogens is 3. The zero-order valence-corrected chi connectivity index (χ0v) is 16.7. The molecule has 8 nitrogen and oxygen atoms in total. The fourth-order valence-corrected chi connectivity index (χ4v) is 4.44. The Morgan fingerprint density at radius 3 is 2.24 bits per heavy atom. The Labute approximate surface area is 165 Å². The van der Waals surface area contributed by atoms with Gasteiger partial charge in [-0.3, -0.25) is 4.90 Å². The average Bonchev–Trinajstić information content (AvgIpc) is 2.59. The average molecular weight is 438 g/mol. The molecule has 1 aromatic rings. The van der Waals surface area contributed by atoms with Gasteiger partial charge in [-0.15, -0.1) is 0 Å². The van der Waals surface area contributed by atoms with E-state index in [1.165, 1.54) is 0 Å². The Hall–Kier alpha value is -2.34. The Kier molecular flexibility index (Phi) is 6.19. The molecule has 0 unspecified atom stereocenters. The van der Waals surface area contributed by atoms with Gasteiger partial charge in [-0.25, -0.2) is 18.0 Å². The number of sulfonamides is 1. The maximum atomic E-state index is 13.2. The lowest BCUT2D eigenvalue weighted by Crippen LogP contribution is -2.60. The summed E-state index contributed by atoms with van der Waals surface area (Å²) in [4.78, 5) is 23.8. The fourth-order valence-electron chi connectivity index (χ4n) is 2.79. The number of amides is 1. The van der Waals surface area contributed by atoms with Crippen LogP contribution < -0.4 is 0 Å². The Morgan fingerprint density at radius 1 is 1.14 bits per heavy atom. The lowest BCUT2D eigenvalue weighted by molar-refractivity contribution is -0.145. The SMILES string of the molecule is CC(C)(C)OC(=O)N1CCN(S(=O)(=O)c2ccccc2C(F)(F)F)C[C@H]1C(=O)O. The van der Waals surface area contributed by atoms with E-state index in [4.69, 9.17) is 4.74 Å². The number of hydrogen-bond donors (Lipinski definition) is 1. The van der Waals surface area contributed by atoms with Gasteiger partial charge in [-0.1, -0.05) is 12.1 Å². The van der Waals surface area contributed by atoms with Crippen LogP contribution in [0.4, 0.5) is 18.0 Å². The molecule has 0 aromatic heterocycles. The van der Waals surface area contributed by atoms with Gasteiger partial charge in [0.25, 0.3) is 0 Å². The number of hydrogen-bond acceptors (Lipinski definition) is 5. The molecule has 0 bridgehead atoms. The van der Waals surface area contributed by atoms with Crippen molar-refractivity contribution in [3.8, 4) is 0 Å². The number of benzene rings is 1. The molecular weight excluding hydrogens is 417 g/mol. The standard InChI is InChI=1S/C17H21F3N2O6S/c1-16(2,3)28-15(25)22-9-8-21(10-12(22)14(23)24)29(26,27)13-7-5-4-6-11(13)17(18,19)20/h4-7,12H,8-10H2,1-3H3,(H,23,24)/t12-/m0/s1. The highest BCUT2D eigenvalue weighted by Crippen LogP contribution is 2.35. The molecule has 1 atom stereocenters. The van der Waals surface area contributed by atoms with Crippen LogP contribution in [0.25, 0.3) is 0 Å². The van der Waals surface area contributed by atoms with Gasteiger partial charge in [0.15, 0.2) is 0 Å². The van der Waals surface area contributed by atoms with E-state index in [1.54, 1.807) is 20.8 Å². The molecule has 29 heavy (non-hydrogen) atoms. The minimum atomic E-state index is -4.91. The molecule has 1 saturated heterocycles. The van der Waals surface area contributed by atoms with E-state index < -0.39 is 56.9 Å². The van der Waals surface area contributed by atoms with Gasteiger partial charge < -0.3 is 9.84 Å². The summed E-state index contributed by atoms with van der Waals surface area (Å²) in [5.41, 5.74) is -2.25. The number of alkyl halides is 3. The molecule has 0 spiro atoms. The molecule has 1 aliphatic rings. The van der Waals surface area contributed by atoms with Crippen LogP contribution in [-0.4, -0.2) is 66.1 Å².